The SMILES string of the molecule is CCn1ncnc1CN(Cc1cccc(N)c1)C1CC1. The predicted molar refractivity (Wildman–Crippen MR) is 78.8 cm³/mol. The lowest BCUT2D eigenvalue weighted by Gasteiger charge is -2.21. The summed E-state index contributed by atoms with van der Waals surface area (Å²) in [5, 5.41) is 4.25. The second kappa shape index (κ2) is 5.63. The second-order valence-electron chi connectivity index (χ2n) is 5.37. The van der Waals surface area contributed by atoms with Gasteiger partial charge in [-0.3, -0.25) is 4.90 Å². The first kappa shape index (κ1) is 13.1. The zero-order chi connectivity index (χ0) is 13.9. The van der Waals surface area contributed by atoms with Crippen molar-refractivity contribution in [3.05, 3.63) is 42.0 Å². The Labute approximate surface area is 119 Å². The third-order valence-corrected chi connectivity index (χ3v) is 3.74. The van der Waals surface area contributed by atoms with Crippen LogP contribution in [0.1, 0.15) is 31.2 Å². The molecule has 3 rings (SSSR count). The molecule has 1 aliphatic rings. The summed E-state index contributed by atoms with van der Waals surface area (Å²) in [4.78, 5) is 6.86. The van der Waals surface area contributed by atoms with Crippen LogP contribution in [-0.4, -0.2) is 25.7 Å². The molecular weight excluding hydrogens is 250 g/mol. The number of anilines is 1. The van der Waals surface area contributed by atoms with Gasteiger partial charge >= 0.3 is 0 Å². The van der Waals surface area contributed by atoms with Gasteiger partial charge in [-0.25, -0.2) is 9.67 Å². The molecule has 2 N–H and O–H groups in total. The quantitative estimate of drug-likeness (QED) is 0.817. The third kappa shape index (κ3) is 2.99. The van der Waals surface area contributed by atoms with Gasteiger partial charge in [0, 0.05) is 24.8 Å². The lowest BCUT2D eigenvalue weighted by molar-refractivity contribution is 0.235. The van der Waals surface area contributed by atoms with Crippen LogP contribution in [0.25, 0.3) is 0 Å². The van der Waals surface area contributed by atoms with Gasteiger partial charge in [-0.1, -0.05) is 12.1 Å². The van der Waals surface area contributed by atoms with Crippen LogP contribution < -0.4 is 5.73 Å². The summed E-state index contributed by atoms with van der Waals surface area (Å²) in [6, 6.07) is 8.82. The van der Waals surface area contributed by atoms with E-state index in [9.17, 15) is 0 Å². The van der Waals surface area contributed by atoms with E-state index in [1.165, 1.54) is 18.4 Å². The highest BCUT2D eigenvalue weighted by Gasteiger charge is 2.29. The fourth-order valence-corrected chi connectivity index (χ4v) is 2.54. The van der Waals surface area contributed by atoms with Crippen molar-refractivity contribution >= 4 is 5.69 Å². The molecule has 0 saturated heterocycles. The largest absolute Gasteiger partial charge is 0.399 e. The Bertz CT molecular complexity index is 573. The van der Waals surface area contributed by atoms with Gasteiger partial charge in [0.05, 0.1) is 6.54 Å². The maximum Gasteiger partial charge on any atom is 0.141 e. The van der Waals surface area contributed by atoms with Gasteiger partial charge in [-0.15, -0.1) is 0 Å². The smallest absolute Gasteiger partial charge is 0.141 e. The predicted octanol–water partition coefficient (Wildman–Crippen LogP) is 2.04. The van der Waals surface area contributed by atoms with Crippen molar-refractivity contribution in [2.24, 2.45) is 0 Å². The minimum absolute atomic E-state index is 0.679. The summed E-state index contributed by atoms with van der Waals surface area (Å²) in [5.74, 6) is 1.04. The zero-order valence-corrected chi connectivity index (χ0v) is 11.9. The first-order chi connectivity index (χ1) is 9.76. The first-order valence-electron chi connectivity index (χ1n) is 7.21. The number of hydrogen-bond donors (Lipinski definition) is 1. The molecule has 1 aliphatic carbocycles. The molecule has 1 saturated carbocycles. The summed E-state index contributed by atoms with van der Waals surface area (Å²) < 4.78 is 1.97. The van der Waals surface area contributed by atoms with Crippen LogP contribution in [0.2, 0.25) is 0 Å². The standard InChI is InChI=1S/C15H21N5/c1-2-20-15(17-11-18-20)10-19(14-6-7-14)9-12-4-3-5-13(16)8-12/h3-5,8,11,14H,2,6-7,9-10,16H2,1H3. The average molecular weight is 271 g/mol. The molecule has 5 nitrogen and oxygen atoms in total. The number of nitrogens with zero attached hydrogens (tertiary/aromatic N) is 4. The Kier molecular flexibility index (Phi) is 3.69. The molecule has 0 aliphatic heterocycles. The molecule has 1 aromatic heterocycles. The molecule has 5 heteroatoms. The van der Waals surface area contributed by atoms with Gasteiger partial charge in [-0.2, -0.15) is 5.10 Å². The van der Waals surface area contributed by atoms with E-state index >= 15 is 0 Å². The zero-order valence-electron chi connectivity index (χ0n) is 11.9. The molecule has 0 unspecified atom stereocenters. The van der Waals surface area contributed by atoms with Crippen molar-refractivity contribution in [3.8, 4) is 0 Å². The van der Waals surface area contributed by atoms with Gasteiger partial charge in [0.25, 0.3) is 0 Å². The van der Waals surface area contributed by atoms with Crippen molar-refractivity contribution in [1.29, 1.82) is 0 Å². The Morgan fingerprint density at radius 2 is 2.20 bits per heavy atom. The summed E-state index contributed by atoms with van der Waals surface area (Å²) >= 11 is 0. The lowest BCUT2D eigenvalue weighted by atomic mass is 10.2. The van der Waals surface area contributed by atoms with Crippen LogP contribution in [0, 0.1) is 0 Å². The first-order valence-corrected chi connectivity index (χ1v) is 7.21. The number of aromatic nitrogens is 3. The molecular formula is C15H21N5. The average Bonchev–Trinajstić information content (AvgIpc) is 3.19. The van der Waals surface area contributed by atoms with Crippen LogP contribution in [0.15, 0.2) is 30.6 Å². The van der Waals surface area contributed by atoms with E-state index in [4.69, 9.17) is 5.73 Å². The summed E-state index contributed by atoms with van der Waals surface area (Å²) in [5.41, 5.74) is 7.95. The molecule has 0 atom stereocenters. The molecule has 0 spiro atoms. The maximum absolute atomic E-state index is 5.86. The fourth-order valence-electron chi connectivity index (χ4n) is 2.54. The van der Waals surface area contributed by atoms with E-state index < -0.39 is 0 Å². The molecule has 20 heavy (non-hydrogen) atoms. The Hall–Kier alpha value is -1.88. The molecule has 1 fully saturated rings. The Morgan fingerprint density at radius 3 is 2.90 bits per heavy atom. The van der Waals surface area contributed by atoms with Gasteiger partial charge < -0.3 is 5.73 Å². The van der Waals surface area contributed by atoms with Crippen molar-refractivity contribution in [3.63, 3.8) is 0 Å². The number of benzene rings is 1. The van der Waals surface area contributed by atoms with Crippen molar-refractivity contribution < 1.29 is 0 Å². The number of aryl methyl sites for hydroxylation is 1. The Morgan fingerprint density at radius 1 is 1.35 bits per heavy atom. The number of nitrogen functional groups attached to an aromatic ring is 1. The second-order valence-corrected chi connectivity index (χ2v) is 5.37. The number of nitrogens with two attached hydrogens (primary N) is 1. The van der Waals surface area contributed by atoms with E-state index in [1.807, 2.05) is 16.8 Å². The van der Waals surface area contributed by atoms with Crippen LogP contribution in [0.5, 0.6) is 0 Å². The van der Waals surface area contributed by atoms with Crippen molar-refractivity contribution in [2.75, 3.05) is 5.73 Å². The molecule has 0 amide bonds. The lowest BCUT2D eigenvalue weighted by Crippen LogP contribution is -2.27. The molecule has 0 radical (unpaired) electrons. The Balaban J connectivity index is 1.73. The van der Waals surface area contributed by atoms with Crippen LogP contribution in [0.4, 0.5) is 5.69 Å². The van der Waals surface area contributed by atoms with E-state index in [1.54, 1.807) is 6.33 Å². The molecule has 2 aromatic rings. The van der Waals surface area contributed by atoms with E-state index in [-0.39, 0.29) is 0 Å². The van der Waals surface area contributed by atoms with Crippen molar-refractivity contribution in [2.45, 2.75) is 45.4 Å². The fraction of sp³-hybridized carbons (Fsp3) is 0.467. The third-order valence-electron chi connectivity index (χ3n) is 3.74. The van der Waals surface area contributed by atoms with Gasteiger partial charge in [0.1, 0.15) is 12.2 Å². The summed E-state index contributed by atoms with van der Waals surface area (Å²) in [6.07, 6.45) is 4.20. The summed E-state index contributed by atoms with van der Waals surface area (Å²) in [7, 11) is 0. The number of rotatable bonds is 6. The highest BCUT2D eigenvalue weighted by Crippen LogP contribution is 2.29. The van der Waals surface area contributed by atoms with Crippen LogP contribution in [0.3, 0.4) is 0 Å². The van der Waals surface area contributed by atoms with Crippen molar-refractivity contribution in [1.82, 2.24) is 19.7 Å². The number of hydrogen-bond acceptors (Lipinski definition) is 4. The normalized spacial score (nSPS) is 14.9. The monoisotopic (exact) mass is 271 g/mol. The topological polar surface area (TPSA) is 60.0 Å². The van der Waals surface area contributed by atoms with E-state index in [0.717, 1.165) is 31.1 Å². The molecule has 1 aromatic carbocycles. The highest BCUT2D eigenvalue weighted by molar-refractivity contribution is 5.40. The minimum Gasteiger partial charge on any atom is -0.399 e. The van der Waals surface area contributed by atoms with Crippen LogP contribution in [-0.2, 0) is 19.6 Å². The molecule has 0 bridgehead atoms. The highest BCUT2D eigenvalue weighted by atomic mass is 15.3. The molecule has 1 heterocycles. The van der Waals surface area contributed by atoms with Crippen LogP contribution >= 0.6 is 0 Å². The maximum atomic E-state index is 5.86. The molecule has 106 valence electrons. The van der Waals surface area contributed by atoms with E-state index in [0.29, 0.717) is 6.04 Å². The van der Waals surface area contributed by atoms with E-state index in [2.05, 4.69) is 34.0 Å². The minimum atomic E-state index is 0.679. The van der Waals surface area contributed by atoms with Gasteiger partial charge in [0.2, 0.25) is 0 Å². The van der Waals surface area contributed by atoms with Gasteiger partial charge in [-0.05, 0) is 37.5 Å². The summed E-state index contributed by atoms with van der Waals surface area (Å²) in [6.45, 7) is 4.74. The van der Waals surface area contributed by atoms with Gasteiger partial charge in [0.15, 0.2) is 0 Å².